The number of aromatic nitrogens is 4. The number of alkyl halides is 1. The van der Waals surface area contributed by atoms with Gasteiger partial charge in [-0.25, -0.2) is 13.4 Å². The van der Waals surface area contributed by atoms with Gasteiger partial charge in [-0.05, 0) is 19.8 Å². The van der Waals surface area contributed by atoms with Gasteiger partial charge in [0.1, 0.15) is 11.3 Å². The highest BCUT2D eigenvalue weighted by atomic mass is 35.5. The van der Waals surface area contributed by atoms with Crippen molar-refractivity contribution in [2.75, 3.05) is 11.6 Å². The lowest BCUT2D eigenvalue weighted by Gasteiger charge is -2.14. The normalized spacial score (nSPS) is 21.4. The van der Waals surface area contributed by atoms with Crippen molar-refractivity contribution in [1.29, 1.82) is 0 Å². The van der Waals surface area contributed by atoms with Crippen molar-refractivity contribution in [3.05, 3.63) is 11.5 Å². The Kier molecular flexibility index (Phi) is 3.73. The van der Waals surface area contributed by atoms with Crippen LogP contribution in [0, 0.1) is 6.92 Å². The van der Waals surface area contributed by atoms with E-state index in [1.165, 1.54) is 0 Å². The molecular formula is C13H19ClN4O2S. The van der Waals surface area contributed by atoms with Crippen molar-refractivity contribution in [3.63, 3.8) is 0 Å². The molecule has 2 aromatic heterocycles. The summed E-state index contributed by atoms with van der Waals surface area (Å²) >= 11 is 5.86. The lowest BCUT2D eigenvalue weighted by Crippen LogP contribution is -2.24. The second-order valence-corrected chi connectivity index (χ2v) is 8.37. The maximum Gasteiger partial charge on any atom is 0.158 e. The Morgan fingerprint density at radius 3 is 2.81 bits per heavy atom. The third-order valence-corrected chi connectivity index (χ3v) is 6.58. The van der Waals surface area contributed by atoms with E-state index in [-0.39, 0.29) is 5.25 Å². The smallest absolute Gasteiger partial charge is 0.158 e. The molecule has 0 bridgehead atoms. The molecule has 0 N–H and O–H groups in total. The third-order valence-electron chi connectivity index (χ3n) is 4.14. The first-order valence-electron chi connectivity index (χ1n) is 7.10. The van der Waals surface area contributed by atoms with E-state index in [4.69, 9.17) is 11.6 Å². The first kappa shape index (κ1) is 14.8. The van der Waals surface area contributed by atoms with Gasteiger partial charge in [0.15, 0.2) is 15.5 Å². The fraction of sp³-hybridized carbons (Fsp3) is 0.692. The van der Waals surface area contributed by atoms with Crippen molar-refractivity contribution in [2.24, 2.45) is 7.05 Å². The van der Waals surface area contributed by atoms with Gasteiger partial charge in [-0.1, -0.05) is 0 Å². The fourth-order valence-corrected chi connectivity index (χ4v) is 5.09. The zero-order valence-corrected chi connectivity index (χ0v) is 13.8. The number of hydrogen-bond donors (Lipinski definition) is 0. The van der Waals surface area contributed by atoms with Crippen LogP contribution in [0.3, 0.4) is 0 Å². The van der Waals surface area contributed by atoms with E-state index in [9.17, 15) is 8.42 Å². The van der Waals surface area contributed by atoms with Crippen molar-refractivity contribution in [1.82, 2.24) is 19.3 Å². The minimum Gasteiger partial charge on any atom is -0.312 e. The van der Waals surface area contributed by atoms with Gasteiger partial charge in [-0.3, -0.25) is 4.68 Å². The number of rotatable bonds is 4. The highest BCUT2D eigenvalue weighted by molar-refractivity contribution is 7.92. The minimum absolute atomic E-state index is 0.296. The molecule has 0 radical (unpaired) electrons. The minimum atomic E-state index is -2.98. The monoisotopic (exact) mass is 330 g/mol. The van der Waals surface area contributed by atoms with Crippen LogP contribution in [0.2, 0.25) is 0 Å². The standard InChI is InChI=1S/C13H19ClN4O2S/c1-9-12-13(17(2)16-9)18(11(15-12)5-6-14)8-10-4-3-7-21(10,19)20/h10H,3-8H2,1-2H3. The molecule has 1 aliphatic rings. The van der Waals surface area contributed by atoms with E-state index in [2.05, 4.69) is 10.1 Å². The number of hydrogen-bond acceptors (Lipinski definition) is 4. The van der Waals surface area contributed by atoms with E-state index in [0.717, 1.165) is 35.5 Å². The molecule has 6 nitrogen and oxygen atoms in total. The van der Waals surface area contributed by atoms with Crippen LogP contribution in [0.5, 0.6) is 0 Å². The number of sulfone groups is 1. The first-order chi connectivity index (χ1) is 9.94. The molecule has 1 atom stereocenters. The van der Waals surface area contributed by atoms with Gasteiger partial charge in [0.05, 0.1) is 16.7 Å². The Morgan fingerprint density at radius 1 is 1.43 bits per heavy atom. The number of imidazole rings is 1. The topological polar surface area (TPSA) is 69.8 Å². The highest BCUT2D eigenvalue weighted by Crippen LogP contribution is 2.26. The second-order valence-electron chi connectivity index (χ2n) is 5.59. The van der Waals surface area contributed by atoms with Crippen LogP contribution in [0.25, 0.3) is 11.2 Å². The molecule has 1 saturated heterocycles. The van der Waals surface area contributed by atoms with Crippen LogP contribution in [0.15, 0.2) is 0 Å². The average Bonchev–Trinajstić information content (AvgIpc) is 3.00. The molecule has 0 spiro atoms. The Morgan fingerprint density at radius 2 is 2.19 bits per heavy atom. The van der Waals surface area contributed by atoms with Crippen LogP contribution in [-0.4, -0.2) is 44.6 Å². The summed E-state index contributed by atoms with van der Waals surface area (Å²) < 4.78 is 28.0. The molecule has 3 rings (SSSR count). The quantitative estimate of drug-likeness (QED) is 0.795. The molecular weight excluding hydrogens is 312 g/mol. The van der Waals surface area contributed by atoms with Crippen LogP contribution < -0.4 is 0 Å². The van der Waals surface area contributed by atoms with Gasteiger partial charge in [-0.15, -0.1) is 11.6 Å². The number of nitrogens with zero attached hydrogens (tertiary/aromatic N) is 4. The average molecular weight is 331 g/mol. The Labute approximate surface area is 129 Å². The van der Waals surface area contributed by atoms with Gasteiger partial charge in [0.25, 0.3) is 0 Å². The molecule has 1 aliphatic heterocycles. The zero-order valence-electron chi connectivity index (χ0n) is 12.2. The van der Waals surface area contributed by atoms with E-state index >= 15 is 0 Å². The second kappa shape index (κ2) is 5.28. The van der Waals surface area contributed by atoms with E-state index in [1.807, 2.05) is 18.5 Å². The third kappa shape index (κ3) is 2.46. The lowest BCUT2D eigenvalue weighted by atomic mass is 10.2. The van der Waals surface area contributed by atoms with Crippen LogP contribution in [0.4, 0.5) is 0 Å². The molecule has 3 heterocycles. The number of aryl methyl sites for hydroxylation is 3. The molecule has 1 unspecified atom stereocenters. The van der Waals surface area contributed by atoms with E-state index < -0.39 is 9.84 Å². The maximum absolute atomic E-state index is 12.1. The molecule has 2 aromatic rings. The molecule has 1 fully saturated rings. The van der Waals surface area contributed by atoms with Crippen LogP contribution in [-0.2, 0) is 29.9 Å². The fourth-order valence-electron chi connectivity index (χ4n) is 3.11. The summed E-state index contributed by atoms with van der Waals surface area (Å²) in [7, 11) is -1.12. The summed E-state index contributed by atoms with van der Waals surface area (Å²) in [6.07, 6.45) is 2.10. The molecule has 0 amide bonds. The molecule has 8 heteroatoms. The van der Waals surface area contributed by atoms with Crippen molar-refractivity contribution in [2.45, 2.75) is 38.0 Å². The van der Waals surface area contributed by atoms with Gasteiger partial charge < -0.3 is 4.57 Å². The predicted molar refractivity (Wildman–Crippen MR) is 82.5 cm³/mol. The molecule has 116 valence electrons. The summed E-state index contributed by atoms with van der Waals surface area (Å²) in [4.78, 5) is 4.61. The SMILES string of the molecule is Cc1nn(C)c2c1nc(CCCl)n2CC1CCCS1(=O)=O. The van der Waals surface area contributed by atoms with Gasteiger partial charge >= 0.3 is 0 Å². The number of halogens is 1. The summed E-state index contributed by atoms with van der Waals surface area (Å²) in [5.41, 5.74) is 2.58. The lowest BCUT2D eigenvalue weighted by molar-refractivity contribution is 0.558. The van der Waals surface area contributed by atoms with Crippen molar-refractivity contribution < 1.29 is 8.42 Å². The predicted octanol–water partition coefficient (Wildman–Crippen LogP) is 1.44. The molecule has 0 aromatic carbocycles. The Balaban J connectivity index is 2.09. The summed E-state index contributed by atoms with van der Waals surface area (Å²) in [6, 6.07) is 0. The molecule has 0 aliphatic carbocycles. The summed E-state index contributed by atoms with van der Waals surface area (Å²) in [5, 5.41) is 4.05. The zero-order chi connectivity index (χ0) is 15.2. The highest BCUT2D eigenvalue weighted by Gasteiger charge is 2.33. The van der Waals surface area contributed by atoms with E-state index in [0.29, 0.717) is 24.6 Å². The van der Waals surface area contributed by atoms with Gasteiger partial charge in [0, 0.05) is 25.9 Å². The van der Waals surface area contributed by atoms with Crippen molar-refractivity contribution in [3.8, 4) is 0 Å². The number of fused-ring (bicyclic) bond motifs is 1. The maximum atomic E-state index is 12.1. The summed E-state index contributed by atoms with van der Waals surface area (Å²) in [6.45, 7) is 2.36. The molecule has 21 heavy (non-hydrogen) atoms. The summed E-state index contributed by atoms with van der Waals surface area (Å²) in [5.74, 6) is 1.61. The van der Waals surface area contributed by atoms with Crippen LogP contribution >= 0.6 is 11.6 Å². The van der Waals surface area contributed by atoms with Crippen molar-refractivity contribution >= 4 is 32.6 Å². The van der Waals surface area contributed by atoms with Gasteiger partial charge in [-0.2, -0.15) is 5.10 Å². The van der Waals surface area contributed by atoms with E-state index in [1.54, 1.807) is 4.68 Å². The van der Waals surface area contributed by atoms with Crippen LogP contribution in [0.1, 0.15) is 24.4 Å². The Bertz CT molecular complexity index is 778. The Hall–Kier alpha value is -1.08. The van der Waals surface area contributed by atoms with Gasteiger partial charge in [0.2, 0.25) is 0 Å². The first-order valence-corrected chi connectivity index (χ1v) is 9.35. The largest absolute Gasteiger partial charge is 0.312 e. The molecule has 0 saturated carbocycles.